The summed E-state index contributed by atoms with van der Waals surface area (Å²) in [6.07, 6.45) is 5.82. The van der Waals surface area contributed by atoms with E-state index in [1.807, 2.05) is 41.8 Å². The van der Waals surface area contributed by atoms with E-state index in [1.165, 1.54) is 0 Å². The average molecular weight is 436 g/mol. The average Bonchev–Trinajstić information content (AvgIpc) is 3.49. The molecule has 2 aliphatic carbocycles. The Hall–Kier alpha value is -3.25. The molecule has 3 aliphatic rings. The summed E-state index contributed by atoms with van der Waals surface area (Å²) in [4.78, 5) is 17.0. The molecule has 5 rings (SSSR count). The Balaban J connectivity index is 1.76. The highest BCUT2D eigenvalue weighted by Crippen LogP contribution is 2.48. The van der Waals surface area contributed by atoms with Crippen LogP contribution in [0.5, 0.6) is 0 Å². The number of para-hydroxylation sites is 1. The van der Waals surface area contributed by atoms with Crippen LogP contribution in [0.2, 0.25) is 5.02 Å². The number of anilines is 1. The number of aryl methyl sites for hydroxylation is 1. The fourth-order valence-corrected chi connectivity index (χ4v) is 4.72. The molecule has 3 N–H and O–H groups in total. The number of carboxylic acids is 1. The van der Waals surface area contributed by atoms with Crippen molar-refractivity contribution in [1.29, 1.82) is 0 Å². The highest BCUT2D eigenvalue weighted by molar-refractivity contribution is 6.37. The summed E-state index contributed by atoms with van der Waals surface area (Å²) in [7, 11) is 0. The van der Waals surface area contributed by atoms with Gasteiger partial charge in [-0.15, -0.1) is 0 Å². The van der Waals surface area contributed by atoms with Crippen LogP contribution >= 0.6 is 11.6 Å². The summed E-state index contributed by atoms with van der Waals surface area (Å²) in [5.41, 5.74) is 12.1. The van der Waals surface area contributed by atoms with Gasteiger partial charge in [0.15, 0.2) is 5.69 Å². The Kier molecular flexibility index (Phi) is 4.74. The number of rotatable bonds is 6. The maximum atomic E-state index is 12.3. The van der Waals surface area contributed by atoms with Gasteiger partial charge in [0.25, 0.3) is 0 Å². The minimum Gasteiger partial charge on any atom is -0.477 e. The summed E-state index contributed by atoms with van der Waals surface area (Å²) < 4.78 is 7.20. The lowest BCUT2D eigenvalue weighted by molar-refractivity contribution is 0.0684. The molecule has 2 heterocycles. The largest absolute Gasteiger partial charge is 0.477 e. The van der Waals surface area contributed by atoms with E-state index in [4.69, 9.17) is 26.7 Å². The fraction of sp³-hybridized carbons (Fsp3) is 0.250. The van der Waals surface area contributed by atoms with Crippen LogP contribution in [0, 0.1) is 0 Å². The number of halogens is 1. The van der Waals surface area contributed by atoms with Crippen molar-refractivity contribution in [2.45, 2.75) is 38.6 Å². The van der Waals surface area contributed by atoms with E-state index in [-0.39, 0.29) is 11.6 Å². The van der Waals surface area contributed by atoms with Gasteiger partial charge in [0.1, 0.15) is 5.82 Å². The number of nitrogen functional groups attached to an aromatic ring is 1. The molecule has 1 fully saturated rings. The van der Waals surface area contributed by atoms with Crippen molar-refractivity contribution in [3.05, 3.63) is 70.7 Å². The SMILES string of the molecule is CCc1nc(C2CC2)c(C(=O)O)n1Cc1c2ccocc-2c(Cl)c1-c1ccccc1N. The first-order valence-corrected chi connectivity index (χ1v) is 10.7. The molecule has 0 spiro atoms. The van der Waals surface area contributed by atoms with E-state index in [0.717, 1.165) is 46.5 Å². The van der Waals surface area contributed by atoms with Crippen molar-refractivity contribution in [2.75, 3.05) is 5.73 Å². The van der Waals surface area contributed by atoms with E-state index in [2.05, 4.69) is 0 Å². The van der Waals surface area contributed by atoms with Crippen LogP contribution < -0.4 is 5.73 Å². The van der Waals surface area contributed by atoms with Gasteiger partial charge < -0.3 is 19.8 Å². The van der Waals surface area contributed by atoms with Crippen molar-refractivity contribution in [3.63, 3.8) is 0 Å². The van der Waals surface area contributed by atoms with Gasteiger partial charge in [-0.25, -0.2) is 9.78 Å². The predicted octanol–water partition coefficient (Wildman–Crippen LogP) is 5.67. The summed E-state index contributed by atoms with van der Waals surface area (Å²) in [6, 6.07) is 9.42. The number of fused-ring (bicyclic) bond motifs is 1. The first-order valence-electron chi connectivity index (χ1n) is 10.3. The van der Waals surface area contributed by atoms with E-state index >= 15 is 0 Å². The van der Waals surface area contributed by atoms with E-state index in [1.54, 1.807) is 12.5 Å². The number of aromatic carboxylic acids is 1. The molecule has 1 aromatic heterocycles. The molecule has 0 bridgehead atoms. The smallest absolute Gasteiger partial charge is 0.354 e. The lowest BCUT2D eigenvalue weighted by Crippen LogP contribution is -2.14. The van der Waals surface area contributed by atoms with Crippen LogP contribution in [0.3, 0.4) is 0 Å². The Morgan fingerprint density at radius 3 is 2.71 bits per heavy atom. The number of hydrogen-bond donors (Lipinski definition) is 2. The van der Waals surface area contributed by atoms with Gasteiger partial charge in [0.05, 0.1) is 29.8 Å². The third-order valence-corrected chi connectivity index (χ3v) is 6.37. The number of benzene rings is 1. The Labute approximate surface area is 184 Å². The topological polar surface area (TPSA) is 94.3 Å². The van der Waals surface area contributed by atoms with Crippen molar-refractivity contribution in [2.24, 2.45) is 0 Å². The van der Waals surface area contributed by atoms with Crippen molar-refractivity contribution in [1.82, 2.24) is 9.55 Å². The zero-order chi connectivity index (χ0) is 21.7. The molecule has 1 aromatic carbocycles. The molecule has 7 heteroatoms. The van der Waals surface area contributed by atoms with Crippen LogP contribution in [-0.4, -0.2) is 20.6 Å². The lowest BCUT2D eigenvalue weighted by Gasteiger charge is -2.14. The molecule has 2 aromatic rings. The normalized spacial score (nSPS) is 13.7. The number of carbonyl (C=O) groups is 1. The van der Waals surface area contributed by atoms with E-state index in [0.29, 0.717) is 29.4 Å². The number of nitrogens with two attached hydrogens (primary N) is 1. The summed E-state index contributed by atoms with van der Waals surface area (Å²) in [6.45, 7) is 2.33. The van der Waals surface area contributed by atoms with E-state index < -0.39 is 5.97 Å². The van der Waals surface area contributed by atoms with Crippen molar-refractivity contribution in [3.8, 4) is 22.3 Å². The van der Waals surface area contributed by atoms with Crippen LogP contribution in [0.1, 0.15) is 53.3 Å². The molecule has 1 saturated carbocycles. The summed E-state index contributed by atoms with van der Waals surface area (Å²) in [5.74, 6) is 0.0462. The van der Waals surface area contributed by atoms with Gasteiger partial charge in [-0.2, -0.15) is 0 Å². The van der Waals surface area contributed by atoms with Gasteiger partial charge in [0.2, 0.25) is 0 Å². The maximum Gasteiger partial charge on any atom is 0.354 e. The number of aromatic nitrogens is 2. The van der Waals surface area contributed by atoms with E-state index in [9.17, 15) is 9.90 Å². The molecule has 1 aliphatic heterocycles. The lowest BCUT2D eigenvalue weighted by atomic mass is 10.0. The number of hydrogen-bond acceptors (Lipinski definition) is 4. The zero-order valence-corrected chi connectivity index (χ0v) is 17.8. The standard InChI is InChI=1S/C24H22ClN3O3/c1-2-19-27-22(13-7-8-13)23(24(29)30)28(19)11-16-14-9-10-31-12-17(14)21(25)20(16)15-5-3-4-6-18(15)26/h3-6,9-10,12-13H,2,7-8,11,26H2,1H3,(H,29,30). The van der Waals surface area contributed by atoms with Gasteiger partial charge in [-0.1, -0.05) is 36.7 Å². The first-order chi connectivity index (χ1) is 15.0. The van der Waals surface area contributed by atoms with Gasteiger partial charge in [-0.3, -0.25) is 0 Å². The van der Waals surface area contributed by atoms with Gasteiger partial charge >= 0.3 is 5.97 Å². The minimum atomic E-state index is -0.952. The molecule has 0 saturated heterocycles. The van der Waals surface area contributed by atoms with Crippen LogP contribution in [0.4, 0.5) is 5.69 Å². The molecule has 0 radical (unpaired) electrons. The second-order valence-corrected chi connectivity index (χ2v) is 8.30. The molecule has 158 valence electrons. The van der Waals surface area contributed by atoms with Crippen molar-refractivity contribution < 1.29 is 14.3 Å². The van der Waals surface area contributed by atoms with Crippen LogP contribution in [0.25, 0.3) is 22.3 Å². The fourth-order valence-electron chi connectivity index (χ4n) is 4.36. The molecular formula is C24H22ClN3O3. The molecule has 0 amide bonds. The van der Waals surface area contributed by atoms with Crippen LogP contribution in [0.15, 0.2) is 47.3 Å². The Morgan fingerprint density at radius 1 is 1.26 bits per heavy atom. The quantitative estimate of drug-likeness (QED) is 0.380. The predicted molar refractivity (Wildman–Crippen MR) is 120 cm³/mol. The third-order valence-electron chi connectivity index (χ3n) is 5.98. The van der Waals surface area contributed by atoms with Crippen molar-refractivity contribution >= 4 is 23.3 Å². The zero-order valence-electron chi connectivity index (χ0n) is 17.1. The number of imidazole rings is 1. The molecule has 0 atom stereocenters. The number of nitrogens with zero attached hydrogens (tertiary/aromatic N) is 2. The number of carboxylic acid groups (broad SMARTS) is 1. The second-order valence-electron chi connectivity index (χ2n) is 7.92. The highest BCUT2D eigenvalue weighted by atomic mass is 35.5. The first kappa shape index (κ1) is 19.7. The Morgan fingerprint density at radius 2 is 2.03 bits per heavy atom. The van der Waals surface area contributed by atoms with Gasteiger partial charge in [0, 0.05) is 34.7 Å². The molecule has 6 nitrogen and oxygen atoms in total. The summed E-state index contributed by atoms with van der Waals surface area (Å²) in [5, 5.41) is 10.6. The highest BCUT2D eigenvalue weighted by Gasteiger charge is 2.35. The monoisotopic (exact) mass is 435 g/mol. The second kappa shape index (κ2) is 7.46. The maximum absolute atomic E-state index is 12.3. The third kappa shape index (κ3) is 3.18. The van der Waals surface area contributed by atoms with Gasteiger partial charge in [-0.05, 0) is 36.1 Å². The summed E-state index contributed by atoms with van der Waals surface area (Å²) >= 11 is 6.82. The molecular weight excluding hydrogens is 414 g/mol. The molecule has 31 heavy (non-hydrogen) atoms. The Bertz CT molecular complexity index is 1270. The molecule has 0 unspecified atom stereocenters. The van der Waals surface area contributed by atoms with Crippen LogP contribution in [-0.2, 0) is 13.0 Å². The minimum absolute atomic E-state index is 0.237.